The number of rotatable bonds is 7. The largest absolute Gasteiger partial charge is 0.480 e. The summed E-state index contributed by atoms with van der Waals surface area (Å²) in [6, 6.07) is -0.328. The van der Waals surface area contributed by atoms with Crippen LogP contribution in [0.4, 0.5) is 0 Å². The number of aliphatic hydroxyl groups is 1. The Hall–Kier alpha value is -0.650. The molecule has 1 fully saturated rings. The van der Waals surface area contributed by atoms with Crippen LogP contribution in [0.25, 0.3) is 0 Å². The molecule has 0 spiro atoms. The molecule has 0 aromatic heterocycles. The second-order valence-electron chi connectivity index (χ2n) is 4.60. The van der Waals surface area contributed by atoms with Gasteiger partial charge in [-0.25, -0.2) is 0 Å². The van der Waals surface area contributed by atoms with Gasteiger partial charge in [0, 0.05) is 32.7 Å². The maximum Gasteiger partial charge on any atom is 0.320 e. The van der Waals surface area contributed by atoms with Crippen LogP contribution in [0.15, 0.2) is 0 Å². The van der Waals surface area contributed by atoms with Crippen molar-refractivity contribution >= 4 is 5.97 Å². The standard InChI is InChI=1S/C12H24N2O3/c1-2-3-4-11(12(16)17)14-7-5-13(6-8-14)9-10-15/h11,15H,2-10H2,1H3,(H,16,17). The predicted molar refractivity (Wildman–Crippen MR) is 66.0 cm³/mol. The van der Waals surface area contributed by atoms with Crippen LogP contribution >= 0.6 is 0 Å². The van der Waals surface area contributed by atoms with Gasteiger partial charge in [0.2, 0.25) is 0 Å². The number of hydrogen-bond donors (Lipinski definition) is 2. The van der Waals surface area contributed by atoms with E-state index in [1.165, 1.54) is 0 Å². The Balaban J connectivity index is 2.40. The highest BCUT2D eigenvalue weighted by atomic mass is 16.4. The van der Waals surface area contributed by atoms with E-state index in [4.69, 9.17) is 5.11 Å². The third kappa shape index (κ3) is 4.61. The van der Waals surface area contributed by atoms with Gasteiger partial charge in [0.05, 0.1) is 6.61 Å². The number of aliphatic hydroxyl groups excluding tert-OH is 1. The Bertz CT molecular complexity index is 228. The molecule has 0 amide bonds. The van der Waals surface area contributed by atoms with Gasteiger partial charge in [0.1, 0.15) is 6.04 Å². The molecule has 5 heteroatoms. The quantitative estimate of drug-likeness (QED) is 0.671. The number of carbonyl (C=O) groups is 1. The van der Waals surface area contributed by atoms with Gasteiger partial charge < -0.3 is 10.2 Å². The summed E-state index contributed by atoms with van der Waals surface area (Å²) >= 11 is 0. The summed E-state index contributed by atoms with van der Waals surface area (Å²) in [5.41, 5.74) is 0. The minimum Gasteiger partial charge on any atom is -0.480 e. The molecule has 1 atom stereocenters. The zero-order valence-corrected chi connectivity index (χ0v) is 10.6. The Morgan fingerprint density at radius 2 is 1.94 bits per heavy atom. The molecule has 1 aliphatic rings. The van der Waals surface area contributed by atoms with Gasteiger partial charge >= 0.3 is 5.97 Å². The first kappa shape index (κ1) is 14.4. The van der Waals surface area contributed by atoms with Crippen molar-refractivity contribution in [3.05, 3.63) is 0 Å². The number of β-amino-alcohol motifs (C(OH)–C–C–N with tert-alkyl or cyclic N) is 1. The highest BCUT2D eigenvalue weighted by Gasteiger charge is 2.27. The number of carboxylic acid groups (broad SMARTS) is 1. The van der Waals surface area contributed by atoms with E-state index >= 15 is 0 Å². The molecule has 0 aliphatic carbocycles. The average Bonchev–Trinajstić information content (AvgIpc) is 2.31. The fourth-order valence-corrected chi connectivity index (χ4v) is 2.30. The molecule has 1 saturated heterocycles. The van der Waals surface area contributed by atoms with Crippen LogP contribution in [0.1, 0.15) is 26.2 Å². The van der Waals surface area contributed by atoms with Crippen LogP contribution in [0.2, 0.25) is 0 Å². The Labute approximate surface area is 103 Å². The van der Waals surface area contributed by atoms with Gasteiger partial charge in [-0.3, -0.25) is 14.6 Å². The highest BCUT2D eigenvalue weighted by Crippen LogP contribution is 2.12. The van der Waals surface area contributed by atoms with Crippen LogP contribution < -0.4 is 0 Å². The predicted octanol–water partition coefficient (Wildman–Crippen LogP) is 0.240. The van der Waals surface area contributed by atoms with E-state index in [2.05, 4.69) is 16.7 Å². The molecule has 1 heterocycles. The summed E-state index contributed by atoms with van der Waals surface area (Å²) in [4.78, 5) is 15.5. The molecular formula is C12H24N2O3. The minimum absolute atomic E-state index is 0.179. The zero-order chi connectivity index (χ0) is 12.7. The molecule has 0 aromatic carbocycles. The van der Waals surface area contributed by atoms with Crippen molar-refractivity contribution < 1.29 is 15.0 Å². The van der Waals surface area contributed by atoms with Gasteiger partial charge in [-0.2, -0.15) is 0 Å². The Morgan fingerprint density at radius 3 is 2.41 bits per heavy atom. The number of aliphatic carboxylic acids is 1. The van der Waals surface area contributed by atoms with Crippen LogP contribution in [-0.4, -0.2) is 71.4 Å². The van der Waals surface area contributed by atoms with Crippen molar-refractivity contribution in [2.45, 2.75) is 32.2 Å². The second kappa shape index (κ2) is 7.63. The fraction of sp³-hybridized carbons (Fsp3) is 0.917. The van der Waals surface area contributed by atoms with E-state index in [0.717, 1.165) is 45.4 Å². The van der Waals surface area contributed by atoms with Crippen molar-refractivity contribution in [2.75, 3.05) is 39.3 Å². The topological polar surface area (TPSA) is 64.0 Å². The Kier molecular flexibility index (Phi) is 6.47. The maximum absolute atomic E-state index is 11.2. The SMILES string of the molecule is CCCCC(C(=O)O)N1CCN(CCO)CC1. The molecule has 100 valence electrons. The van der Waals surface area contributed by atoms with Gasteiger partial charge in [-0.1, -0.05) is 19.8 Å². The molecule has 5 nitrogen and oxygen atoms in total. The van der Waals surface area contributed by atoms with Crippen LogP contribution in [0.5, 0.6) is 0 Å². The summed E-state index contributed by atoms with van der Waals surface area (Å²) < 4.78 is 0. The minimum atomic E-state index is -0.700. The number of nitrogens with zero attached hydrogens (tertiary/aromatic N) is 2. The molecule has 0 bridgehead atoms. The summed E-state index contributed by atoms with van der Waals surface area (Å²) in [5, 5.41) is 18.1. The summed E-state index contributed by atoms with van der Waals surface area (Å²) in [6.07, 6.45) is 2.74. The van der Waals surface area contributed by atoms with Gasteiger partial charge in [-0.15, -0.1) is 0 Å². The fourth-order valence-electron chi connectivity index (χ4n) is 2.30. The lowest BCUT2D eigenvalue weighted by molar-refractivity contribution is -0.144. The molecule has 2 N–H and O–H groups in total. The molecule has 17 heavy (non-hydrogen) atoms. The number of piperazine rings is 1. The average molecular weight is 244 g/mol. The third-order valence-electron chi connectivity index (χ3n) is 3.38. The molecule has 0 saturated carbocycles. The van der Waals surface area contributed by atoms with Crippen molar-refractivity contribution in [3.8, 4) is 0 Å². The lowest BCUT2D eigenvalue weighted by Crippen LogP contribution is -2.53. The first-order valence-corrected chi connectivity index (χ1v) is 6.49. The maximum atomic E-state index is 11.2. The first-order valence-electron chi connectivity index (χ1n) is 6.49. The Morgan fingerprint density at radius 1 is 1.29 bits per heavy atom. The zero-order valence-electron chi connectivity index (χ0n) is 10.6. The molecule has 1 rings (SSSR count). The van der Waals surface area contributed by atoms with Crippen molar-refractivity contribution in [1.82, 2.24) is 9.80 Å². The van der Waals surface area contributed by atoms with E-state index in [-0.39, 0.29) is 12.6 Å². The van der Waals surface area contributed by atoms with Crippen LogP contribution in [0, 0.1) is 0 Å². The van der Waals surface area contributed by atoms with Crippen molar-refractivity contribution in [1.29, 1.82) is 0 Å². The lowest BCUT2D eigenvalue weighted by atomic mass is 10.1. The smallest absolute Gasteiger partial charge is 0.320 e. The van der Waals surface area contributed by atoms with Crippen molar-refractivity contribution in [2.24, 2.45) is 0 Å². The molecule has 0 aromatic rings. The number of unbranched alkanes of at least 4 members (excludes halogenated alkanes) is 1. The van der Waals surface area contributed by atoms with E-state index in [0.29, 0.717) is 6.54 Å². The third-order valence-corrected chi connectivity index (χ3v) is 3.38. The van der Waals surface area contributed by atoms with Gasteiger partial charge in [0.25, 0.3) is 0 Å². The van der Waals surface area contributed by atoms with E-state index in [1.54, 1.807) is 0 Å². The molecule has 1 aliphatic heterocycles. The summed E-state index contributed by atoms with van der Waals surface area (Å²) in [7, 11) is 0. The highest BCUT2D eigenvalue weighted by molar-refractivity contribution is 5.73. The monoisotopic (exact) mass is 244 g/mol. The van der Waals surface area contributed by atoms with Crippen LogP contribution in [-0.2, 0) is 4.79 Å². The number of carboxylic acids is 1. The first-order chi connectivity index (χ1) is 8.19. The van der Waals surface area contributed by atoms with Gasteiger partial charge in [-0.05, 0) is 6.42 Å². The second-order valence-corrected chi connectivity index (χ2v) is 4.60. The van der Waals surface area contributed by atoms with E-state index < -0.39 is 5.97 Å². The number of hydrogen-bond acceptors (Lipinski definition) is 4. The summed E-state index contributed by atoms with van der Waals surface area (Å²) in [6.45, 7) is 6.26. The molecular weight excluding hydrogens is 220 g/mol. The normalized spacial score (nSPS) is 20.4. The molecule has 1 unspecified atom stereocenters. The van der Waals surface area contributed by atoms with Crippen molar-refractivity contribution in [3.63, 3.8) is 0 Å². The van der Waals surface area contributed by atoms with E-state index in [1.807, 2.05) is 0 Å². The summed E-state index contributed by atoms with van der Waals surface area (Å²) in [5.74, 6) is -0.700. The van der Waals surface area contributed by atoms with Gasteiger partial charge in [0.15, 0.2) is 0 Å². The van der Waals surface area contributed by atoms with E-state index in [9.17, 15) is 9.90 Å². The molecule has 0 radical (unpaired) electrons. The van der Waals surface area contributed by atoms with Crippen LogP contribution in [0.3, 0.4) is 0 Å². The lowest BCUT2D eigenvalue weighted by Gasteiger charge is -2.37.